The Morgan fingerprint density at radius 1 is 0.652 bits per heavy atom. The van der Waals surface area contributed by atoms with Gasteiger partial charge in [-0.25, -0.2) is 33.1 Å². The van der Waals surface area contributed by atoms with Crippen LogP contribution in [0.2, 0.25) is 0 Å². The largest absolute Gasteiger partial charge is 0.443 e. The number of H-pyrrole nitrogens is 1. The van der Waals surface area contributed by atoms with E-state index < -0.39 is 103 Å². The molecular weight excluding hydrogens is 831 g/mol. The lowest BCUT2D eigenvalue weighted by molar-refractivity contribution is 0.0422. The summed E-state index contributed by atoms with van der Waals surface area (Å²) in [5.74, 6) is -1.84. The van der Waals surface area contributed by atoms with E-state index in [1.54, 1.807) is 69.2 Å². The van der Waals surface area contributed by atoms with Gasteiger partial charge in [0, 0.05) is 126 Å². The number of carbonyl (C=O) groups is 3. The Bertz CT molecular complexity index is 2450. The Hall–Kier alpha value is -4.37. The highest BCUT2D eigenvalue weighted by Gasteiger charge is 2.40. The first-order chi connectivity index (χ1) is 29.5. The van der Waals surface area contributed by atoms with Crippen LogP contribution in [-0.2, 0) is 14.2 Å². The zero-order chi connectivity index (χ0) is 50.4. The number of ether oxygens (including phenoxy) is 3. The molecule has 0 bridgehead atoms. The summed E-state index contributed by atoms with van der Waals surface area (Å²) in [7, 11) is 50.4. The van der Waals surface area contributed by atoms with Crippen molar-refractivity contribution in [3.05, 3.63) is 67.7 Å². The number of imide groups is 1. The fourth-order valence-corrected chi connectivity index (χ4v) is 5.86. The number of amides is 2. The Balaban J connectivity index is 0.000000577. The molecule has 2 heterocycles. The van der Waals surface area contributed by atoms with Gasteiger partial charge in [0.2, 0.25) is 11.9 Å². The third kappa shape index (κ3) is 16.7. The predicted molar refractivity (Wildman–Crippen MR) is 278 cm³/mol. The van der Waals surface area contributed by atoms with E-state index in [1.807, 2.05) is 0 Å². The molecule has 2 aromatic heterocycles. The van der Waals surface area contributed by atoms with Crippen LogP contribution in [0, 0.1) is 25.5 Å². The van der Waals surface area contributed by atoms with Crippen molar-refractivity contribution < 1.29 is 37.4 Å². The second-order valence-corrected chi connectivity index (χ2v) is 18.1. The van der Waals surface area contributed by atoms with Crippen molar-refractivity contribution in [2.45, 2.75) is 100 Å². The molecule has 0 saturated heterocycles. The van der Waals surface area contributed by atoms with Gasteiger partial charge in [-0.1, -0.05) is 7.43 Å². The standard InChI is InChI=1S/C24H32FN3O7.C9H8FN3O.CH4.B16/c1-13-11-14-16(12-15(13)25)26-18(27(17(14)29)19(30)33-22(2,3)4)28(20(31)34-23(5,6)7)21(32)35-24(8,9)10;1-4-2-5-7(3-6(4)10)12-9(11)13-8(5)14;;1-10(2)14(9)16(13(7)8)15(11(3)4)12(5)6/h11-12H,1-10H3;2-3H,1H3,(H3,11,12,13,14);1H4;. The lowest BCUT2D eigenvalue weighted by Crippen LogP contribution is -2.75. The van der Waals surface area contributed by atoms with Crippen LogP contribution in [0.4, 0.5) is 35.1 Å². The highest BCUT2D eigenvalue weighted by molar-refractivity contribution is 8.13. The number of nitrogens with two attached hydrogens (primary N) is 1. The normalized spacial score (nSPS) is 11.0. The molecule has 0 atom stereocenters. The minimum atomic E-state index is -1.26. The summed E-state index contributed by atoms with van der Waals surface area (Å²) in [6, 6.07) is 4.85. The fourth-order valence-electron chi connectivity index (χ4n) is 5.86. The molecule has 0 unspecified atom stereocenters. The minimum absolute atomic E-state index is 0. The van der Waals surface area contributed by atoms with Gasteiger partial charge in [0.25, 0.3) is 11.1 Å². The number of aryl methyl sites for hydroxylation is 2. The molecule has 0 aliphatic carbocycles. The molecule has 3 N–H and O–H groups in total. The third-order valence-electron chi connectivity index (χ3n) is 8.73. The van der Waals surface area contributed by atoms with E-state index in [-0.39, 0.29) is 40.9 Å². The molecule has 4 aromatic rings. The van der Waals surface area contributed by atoms with Crippen LogP contribution in [-0.4, -0.2) is 169 Å². The topological polar surface area (TPSA) is 189 Å². The Morgan fingerprint density at radius 3 is 1.42 bits per heavy atom. The van der Waals surface area contributed by atoms with Crippen LogP contribution in [0.3, 0.4) is 0 Å². The third-order valence-corrected chi connectivity index (χ3v) is 8.73. The lowest BCUT2D eigenvalue weighted by Gasteiger charge is -2.37. The summed E-state index contributed by atoms with van der Waals surface area (Å²) >= 11 is 0. The fraction of sp³-hybridized carbons (Fsp3) is 0.441. The molecule has 32 heteroatoms. The summed E-state index contributed by atoms with van der Waals surface area (Å²) in [5, 5.41) is 0.227. The highest BCUT2D eigenvalue weighted by atomic mass is 19.1. The number of fused-ring (bicyclic) bond motifs is 2. The molecule has 2 aromatic carbocycles. The van der Waals surface area contributed by atoms with Gasteiger partial charge in [0.15, 0.2) is 0 Å². The average molecular weight is 876 g/mol. The smallest absolute Gasteiger partial charge is 0.427 e. The molecule has 0 aliphatic rings. The number of hydrogen-bond acceptors (Lipinski definition) is 11. The maximum Gasteiger partial charge on any atom is 0.427 e. The van der Waals surface area contributed by atoms with Gasteiger partial charge in [-0.15, -0.1) is 4.90 Å². The summed E-state index contributed by atoms with van der Waals surface area (Å²) in [4.78, 5) is 74.8. The molecule has 66 heavy (non-hydrogen) atoms. The number of aromatic nitrogens is 4. The van der Waals surface area contributed by atoms with E-state index in [0.29, 0.717) is 20.4 Å². The second-order valence-electron chi connectivity index (χ2n) is 18.1. The number of rotatable bonds is 7. The minimum Gasteiger partial charge on any atom is -0.443 e. The Kier molecular flexibility index (Phi) is 21.3. The molecule has 0 spiro atoms. The van der Waals surface area contributed by atoms with Crippen molar-refractivity contribution in [2.75, 3.05) is 10.6 Å². The van der Waals surface area contributed by atoms with Crippen molar-refractivity contribution in [2.24, 2.45) is 0 Å². The molecule has 0 fully saturated rings. The molecule has 18 radical (unpaired) electrons. The molecular formula is C34H44B16F2N6O8. The van der Waals surface area contributed by atoms with Crippen LogP contribution in [0.1, 0.15) is 80.9 Å². The summed E-state index contributed by atoms with van der Waals surface area (Å²) in [6.45, 7) is 17.1. The van der Waals surface area contributed by atoms with Gasteiger partial charge in [-0.05, 0) is 99.4 Å². The number of benzene rings is 2. The van der Waals surface area contributed by atoms with Gasteiger partial charge >= 0.3 is 18.3 Å². The zero-order valence-corrected chi connectivity index (χ0v) is 38.4. The van der Waals surface area contributed by atoms with Crippen LogP contribution in [0.15, 0.2) is 33.9 Å². The molecule has 0 aliphatic heterocycles. The summed E-state index contributed by atoms with van der Waals surface area (Å²) in [5.41, 5.74) is 1.47. The van der Waals surface area contributed by atoms with Crippen molar-refractivity contribution in [1.82, 2.24) is 19.5 Å². The zero-order valence-electron chi connectivity index (χ0n) is 38.4. The highest BCUT2D eigenvalue weighted by Crippen LogP contribution is 2.24. The van der Waals surface area contributed by atoms with E-state index in [9.17, 15) is 32.8 Å². The van der Waals surface area contributed by atoms with Crippen molar-refractivity contribution in [1.29, 1.82) is 0 Å². The van der Waals surface area contributed by atoms with E-state index in [1.165, 1.54) is 25.1 Å². The Morgan fingerprint density at radius 2 is 1.05 bits per heavy atom. The van der Waals surface area contributed by atoms with Gasteiger partial charge in [-0.2, -0.15) is 4.57 Å². The molecule has 0 saturated carbocycles. The van der Waals surface area contributed by atoms with E-state index in [4.69, 9.17) is 89.6 Å². The number of carbonyl (C=O) groups excluding carboxylic acids is 3. The van der Waals surface area contributed by atoms with Gasteiger partial charge in [0.05, 0.1) is 21.8 Å². The number of nitrogen functional groups attached to an aromatic ring is 1. The van der Waals surface area contributed by atoms with Crippen molar-refractivity contribution in [3.63, 3.8) is 0 Å². The van der Waals surface area contributed by atoms with E-state index in [2.05, 4.69) is 15.0 Å². The van der Waals surface area contributed by atoms with Gasteiger partial charge in [0.1, 0.15) is 28.4 Å². The van der Waals surface area contributed by atoms with Crippen molar-refractivity contribution >= 4 is 166 Å². The molecule has 14 nitrogen and oxygen atoms in total. The molecule has 4 rings (SSSR count). The summed E-state index contributed by atoms with van der Waals surface area (Å²) < 4.78 is 43.9. The summed E-state index contributed by atoms with van der Waals surface area (Å²) in [6.07, 6.45) is -8.75. The van der Waals surface area contributed by atoms with E-state index >= 15 is 0 Å². The van der Waals surface area contributed by atoms with Crippen LogP contribution in [0.5, 0.6) is 0 Å². The van der Waals surface area contributed by atoms with Gasteiger partial charge < -0.3 is 19.9 Å². The molecule has 320 valence electrons. The molecule has 2 amide bonds. The van der Waals surface area contributed by atoms with Gasteiger partial charge in [-0.3, -0.25) is 14.6 Å². The Labute approximate surface area is 400 Å². The van der Waals surface area contributed by atoms with Crippen LogP contribution in [0.25, 0.3) is 21.8 Å². The number of anilines is 2. The maximum absolute atomic E-state index is 14.3. The number of aromatic amines is 1. The number of nitrogens with one attached hydrogen (secondary N) is 1. The van der Waals surface area contributed by atoms with Crippen LogP contribution >= 0.6 is 0 Å². The van der Waals surface area contributed by atoms with Crippen LogP contribution < -0.4 is 21.8 Å². The number of nitrogens with zero attached hydrogens (tertiary/aromatic N) is 4. The quantitative estimate of drug-likeness (QED) is 0.198. The number of halogens is 2. The van der Waals surface area contributed by atoms with E-state index in [0.717, 1.165) is 6.07 Å². The average Bonchev–Trinajstić information content (AvgIpc) is 3.10. The maximum atomic E-state index is 14.3. The monoisotopic (exact) mass is 878 g/mol. The predicted octanol–water partition coefficient (Wildman–Crippen LogP) is 0.800. The second kappa shape index (κ2) is 23.6. The SMILES string of the molecule is C.Cc1cc2c(=O)[nH]c(N)nc2cc1F.Cc1cc2c(=O)n(C(=O)OC(C)(C)C)c(N(C(=O)OC(C)(C)C)C(=O)OC(C)(C)C)nc2cc1F.[B]B([B])B([B])B(B([B])[B])B(B([B])[B])B([B])[B]. The first-order valence-electron chi connectivity index (χ1n) is 20.0. The first-order valence-corrected chi connectivity index (χ1v) is 20.0. The lowest BCUT2D eigenvalue weighted by atomic mass is 8.44. The van der Waals surface area contributed by atoms with Crippen molar-refractivity contribution in [3.8, 4) is 0 Å². The first kappa shape index (κ1) is 59.6. The number of hydrogen-bond donors (Lipinski definition) is 2.